The quantitative estimate of drug-likeness (QED) is 0.897. The minimum absolute atomic E-state index is 0.0646. The zero-order valence-corrected chi connectivity index (χ0v) is 12.0. The summed E-state index contributed by atoms with van der Waals surface area (Å²) in [4.78, 5) is 18.6. The number of anilines is 1. The minimum Gasteiger partial charge on any atom is -0.301 e. The van der Waals surface area contributed by atoms with Crippen molar-refractivity contribution in [1.82, 2.24) is 4.98 Å². The second kappa shape index (κ2) is 4.30. The summed E-state index contributed by atoms with van der Waals surface area (Å²) in [6.45, 7) is 0. The van der Waals surface area contributed by atoms with Crippen LogP contribution in [0.25, 0.3) is 0 Å². The van der Waals surface area contributed by atoms with E-state index in [1.54, 1.807) is 11.3 Å². The second-order valence-electron chi connectivity index (χ2n) is 6.46. The topological polar surface area (TPSA) is 42.0 Å². The normalized spacial score (nSPS) is 32.3. The fraction of sp³-hybridized carbons (Fsp3) is 0.733. The zero-order valence-electron chi connectivity index (χ0n) is 11.2. The summed E-state index contributed by atoms with van der Waals surface area (Å²) in [7, 11) is 0. The largest absolute Gasteiger partial charge is 0.301 e. The molecule has 0 unspecified atom stereocenters. The molecule has 4 aliphatic carbocycles. The number of aryl methyl sites for hydroxylation is 2. The minimum atomic E-state index is -0.0646. The number of rotatable bonds is 2. The molecule has 5 rings (SSSR count). The molecule has 0 atom stereocenters. The maximum atomic E-state index is 12.6. The van der Waals surface area contributed by atoms with Crippen LogP contribution in [-0.2, 0) is 17.6 Å². The van der Waals surface area contributed by atoms with Crippen molar-refractivity contribution in [1.29, 1.82) is 0 Å². The highest BCUT2D eigenvalue weighted by molar-refractivity contribution is 7.15. The molecule has 2 bridgehead atoms. The van der Waals surface area contributed by atoms with Gasteiger partial charge < -0.3 is 5.32 Å². The van der Waals surface area contributed by atoms with Gasteiger partial charge in [0.05, 0.1) is 5.69 Å². The number of carbonyl (C=O) groups excluding carboxylic acids is 1. The summed E-state index contributed by atoms with van der Waals surface area (Å²) in [5.74, 6) is 1.15. The van der Waals surface area contributed by atoms with Crippen molar-refractivity contribution in [2.24, 2.45) is 11.3 Å². The average Bonchev–Trinajstić information content (AvgIpc) is 3.02. The first-order valence-corrected chi connectivity index (χ1v) is 8.37. The smallest absolute Gasteiger partial charge is 0.232 e. The van der Waals surface area contributed by atoms with E-state index in [2.05, 4.69) is 10.3 Å². The molecule has 1 aromatic heterocycles. The van der Waals surface area contributed by atoms with Gasteiger partial charge >= 0.3 is 0 Å². The molecule has 0 aliphatic heterocycles. The van der Waals surface area contributed by atoms with Crippen LogP contribution in [0.5, 0.6) is 0 Å². The molecule has 0 aromatic carbocycles. The van der Waals surface area contributed by atoms with Gasteiger partial charge in [-0.1, -0.05) is 0 Å². The molecular weight excluding hydrogens is 256 g/mol. The van der Waals surface area contributed by atoms with E-state index in [0.29, 0.717) is 0 Å². The lowest BCUT2D eigenvalue weighted by molar-refractivity contribution is -0.131. The molecular formula is C15H20N2OS. The fourth-order valence-corrected chi connectivity index (χ4v) is 5.11. The van der Waals surface area contributed by atoms with Crippen LogP contribution in [0.1, 0.15) is 55.5 Å². The van der Waals surface area contributed by atoms with Gasteiger partial charge in [0.25, 0.3) is 0 Å². The number of amides is 1. The molecule has 102 valence electrons. The molecule has 19 heavy (non-hydrogen) atoms. The number of aromatic nitrogens is 1. The lowest BCUT2D eigenvalue weighted by atomic mass is 9.60. The van der Waals surface area contributed by atoms with E-state index in [1.807, 2.05) is 0 Å². The van der Waals surface area contributed by atoms with Crippen molar-refractivity contribution in [3.8, 4) is 0 Å². The first-order chi connectivity index (χ1) is 9.25. The summed E-state index contributed by atoms with van der Waals surface area (Å²) in [5, 5.41) is 3.97. The van der Waals surface area contributed by atoms with Gasteiger partial charge in [-0.3, -0.25) is 4.79 Å². The Morgan fingerprint density at radius 1 is 1.21 bits per heavy atom. The molecule has 4 heteroatoms. The summed E-state index contributed by atoms with van der Waals surface area (Å²) < 4.78 is 0. The monoisotopic (exact) mass is 276 g/mol. The Hall–Kier alpha value is -0.900. The van der Waals surface area contributed by atoms with E-state index in [9.17, 15) is 4.79 Å². The van der Waals surface area contributed by atoms with Crippen LogP contribution in [0.3, 0.4) is 0 Å². The Kier molecular flexibility index (Phi) is 2.69. The van der Waals surface area contributed by atoms with E-state index in [0.717, 1.165) is 43.2 Å². The van der Waals surface area contributed by atoms with E-state index in [-0.39, 0.29) is 11.3 Å². The molecule has 0 saturated heterocycles. The Morgan fingerprint density at radius 2 is 1.95 bits per heavy atom. The molecule has 1 N–H and O–H groups in total. The van der Waals surface area contributed by atoms with Crippen LogP contribution in [0.15, 0.2) is 0 Å². The highest BCUT2D eigenvalue weighted by Crippen LogP contribution is 2.50. The predicted octanol–water partition coefficient (Wildman–Crippen LogP) is 3.54. The third-order valence-electron chi connectivity index (χ3n) is 5.39. The molecule has 1 aromatic rings. The third kappa shape index (κ3) is 1.92. The van der Waals surface area contributed by atoms with Gasteiger partial charge in [0.1, 0.15) is 0 Å². The number of carbonyl (C=O) groups is 1. The molecule has 1 heterocycles. The molecule has 0 spiro atoms. The van der Waals surface area contributed by atoms with Gasteiger partial charge in [-0.2, -0.15) is 0 Å². The third-order valence-corrected chi connectivity index (χ3v) is 6.46. The van der Waals surface area contributed by atoms with Gasteiger partial charge in [-0.05, 0) is 63.7 Å². The highest BCUT2D eigenvalue weighted by atomic mass is 32.1. The van der Waals surface area contributed by atoms with Crippen molar-refractivity contribution in [2.45, 2.75) is 57.8 Å². The molecule has 3 saturated carbocycles. The number of hydrogen-bond donors (Lipinski definition) is 1. The SMILES string of the molecule is O=C(Nc1nc2c(s1)CCC2)C12CCC(CC1)CC2. The first-order valence-electron chi connectivity index (χ1n) is 7.55. The Bertz CT molecular complexity index is 479. The van der Waals surface area contributed by atoms with Gasteiger partial charge in [-0.25, -0.2) is 4.98 Å². The lowest BCUT2D eigenvalue weighted by Crippen LogP contribution is -2.43. The fourth-order valence-electron chi connectivity index (χ4n) is 4.06. The Morgan fingerprint density at radius 3 is 2.63 bits per heavy atom. The zero-order chi connectivity index (χ0) is 12.9. The molecule has 0 radical (unpaired) electrons. The predicted molar refractivity (Wildman–Crippen MR) is 76.4 cm³/mol. The van der Waals surface area contributed by atoms with Crippen LogP contribution in [0.2, 0.25) is 0 Å². The lowest BCUT2D eigenvalue weighted by Gasteiger charge is -2.44. The van der Waals surface area contributed by atoms with Gasteiger partial charge in [0, 0.05) is 10.3 Å². The number of nitrogens with one attached hydrogen (secondary N) is 1. The number of hydrogen-bond acceptors (Lipinski definition) is 3. The summed E-state index contributed by atoms with van der Waals surface area (Å²) in [6, 6.07) is 0. The molecule has 4 aliphatic rings. The number of nitrogens with zero attached hydrogens (tertiary/aromatic N) is 1. The van der Waals surface area contributed by atoms with Crippen LogP contribution >= 0.6 is 11.3 Å². The average molecular weight is 276 g/mol. The number of thiazole rings is 1. The van der Waals surface area contributed by atoms with Crippen LogP contribution < -0.4 is 5.32 Å². The van der Waals surface area contributed by atoms with Crippen molar-refractivity contribution in [3.05, 3.63) is 10.6 Å². The van der Waals surface area contributed by atoms with E-state index < -0.39 is 0 Å². The summed E-state index contributed by atoms with van der Waals surface area (Å²) in [5.41, 5.74) is 1.16. The standard InChI is InChI=1S/C15H20N2OS/c18-13(15-7-4-10(5-8-15)6-9-15)17-14-16-11-2-1-3-12(11)19-14/h10H,1-9H2,(H,16,17,18). The Balaban J connectivity index is 1.51. The van der Waals surface area contributed by atoms with Crippen LogP contribution in [-0.4, -0.2) is 10.9 Å². The van der Waals surface area contributed by atoms with Gasteiger partial charge in [0.15, 0.2) is 5.13 Å². The van der Waals surface area contributed by atoms with Crippen molar-refractivity contribution in [3.63, 3.8) is 0 Å². The van der Waals surface area contributed by atoms with Gasteiger partial charge in [-0.15, -0.1) is 11.3 Å². The van der Waals surface area contributed by atoms with E-state index >= 15 is 0 Å². The van der Waals surface area contributed by atoms with Crippen molar-refractivity contribution < 1.29 is 4.79 Å². The molecule has 3 fully saturated rings. The number of fused-ring (bicyclic) bond motifs is 4. The highest BCUT2D eigenvalue weighted by Gasteiger charge is 2.45. The molecule has 1 amide bonds. The van der Waals surface area contributed by atoms with Crippen molar-refractivity contribution in [2.75, 3.05) is 5.32 Å². The van der Waals surface area contributed by atoms with Crippen LogP contribution in [0.4, 0.5) is 5.13 Å². The summed E-state index contributed by atoms with van der Waals surface area (Å²) in [6.07, 6.45) is 10.5. The van der Waals surface area contributed by atoms with E-state index in [4.69, 9.17) is 0 Å². The maximum absolute atomic E-state index is 12.6. The van der Waals surface area contributed by atoms with Gasteiger partial charge in [0.2, 0.25) is 5.91 Å². The van der Waals surface area contributed by atoms with Crippen molar-refractivity contribution >= 4 is 22.4 Å². The summed E-state index contributed by atoms with van der Waals surface area (Å²) >= 11 is 1.69. The Labute approximate surface area is 117 Å². The molecule has 3 nitrogen and oxygen atoms in total. The van der Waals surface area contributed by atoms with Crippen LogP contribution in [0, 0.1) is 11.3 Å². The first kappa shape index (κ1) is 11.9. The van der Waals surface area contributed by atoms with E-state index in [1.165, 1.54) is 36.3 Å². The second-order valence-corrected chi connectivity index (χ2v) is 7.54. The maximum Gasteiger partial charge on any atom is 0.232 e.